The van der Waals surface area contributed by atoms with Crippen LogP contribution in [-0.4, -0.2) is 34.6 Å². The molecule has 2 atom stereocenters. The predicted molar refractivity (Wildman–Crippen MR) is 109 cm³/mol. The van der Waals surface area contributed by atoms with E-state index in [1.165, 1.54) is 10.5 Å². The Morgan fingerprint density at radius 2 is 2.04 bits per heavy atom. The fourth-order valence-electron chi connectivity index (χ4n) is 4.40. The number of hydrogen-bond acceptors (Lipinski definition) is 4. The van der Waals surface area contributed by atoms with Crippen molar-refractivity contribution in [3.63, 3.8) is 0 Å². The summed E-state index contributed by atoms with van der Waals surface area (Å²) in [6, 6.07) is 1.47. The van der Waals surface area contributed by atoms with Gasteiger partial charge in [0.25, 0.3) is 5.56 Å². The molecule has 3 heterocycles. The van der Waals surface area contributed by atoms with Gasteiger partial charge in [0.15, 0.2) is 5.82 Å². The molecule has 1 aliphatic carbocycles. The van der Waals surface area contributed by atoms with Gasteiger partial charge in [-0.3, -0.25) is 9.20 Å². The van der Waals surface area contributed by atoms with E-state index in [0.717, 1.165) is 31.0 Å². The van der Waals surface area contributed by atoms with Gasteiger partial charge in [-0.2, -0.15) is 0 Å². The monoisotopic (exact) mass is 409 g/mol. The van der Waals surface area contributed by atoms with Crippen molar-refractivity contribution in [3.05, 3.63) is 45.1 Å². The van der Waals surface area contributed by atoms with Crippen molar-refractivity contribution < 1.29 is 14.3 Å². The van der Waals surface area contributed by atoms with Crippen LogP contribution in [0.2, 0.25) is 0 Å². The van der Waals surface area contributed by atoms with E-state index in [1.54, 1.807) is 0 Å². The summed E-state index contributed by atoms with van der Waals surface area (Å²) in [4.78, 5) is 26.1. The number of aromatic nitrogens is 1. The number of aryl methyl sites for hydroxylation is 1. The number of carboxylic acid groups (broad SMARTS) is 1. The highest BCUT2D eigenvalue weighted by Gasteiger charge is 2.34. The Balaban J connectivity index is 0.00000225. The quantitative estimate of drug-likeness (QED) is 0.810. The van der Waals surface area contributed by atoms with Crippen molar-refractivity contribution in [1.29, 1.82) is 0 Å². The molecule has 1 saturated carbocycles. The first kappa shape index (κ1) is 20.6. The zero-order valence-corrected chi connectivity index (χ0v) is 16.8. The minimum Gasteiger partial charge on any atom is -0.477 e. The average molecular weight is 410 g/mol. The highest BCUT2D eigenvalue weighted by Crippen LogP contribution is 2.44. The Bertz CT molecular complexity index is 1000. The van der Waals surface area contributed by atoms with Crippen LogP contribution in [-0.2, 0) is 0 Å². The minimum absolute atomic E-state index is 0. The fourth-order valence-corrected chi connectivity index (χ4v) is 4.40. The molecule has 28 heavy (non-hydrogen) atoms. The van der Waals surface area contributed by atoms with Gasteiger partial charge in [0, 0.05) is 19.1 Å². The molecular formula is C20H25ClFN3O3. The van der Waals surface area contributed by atoms with Crippen molar-refractivity contribution in [3.8, 4) is 0 Å². The molecule has 0 bridgehead atoms. The lowest BCUT2D eigenvalue weighted by atomic mass is 10.0. The maximum absolute atomic E-state index is 15.1. The van der Waals surface area contributed by atoms with Crippen LogP contribution >= 0.6 is 12.4 Å². The molecule has 8 heteroatoms. The second-order valence-electron chi connectivity index (χ2n) is 7.80. The maximum Gasteiger partial charge on any atom is 0.341 e. The minimum atomic E-state index is -1.28. The Labute approximate surface area is 168 Å². The topological polar surface area (TPSA) is 88.0 Å². The number of aromatic carboxylic acids is 1. The largest absolute Gasteiger partial charge is 0.477 e. The van der Waals surface area contributed by atoms with Crippen LogP contribution in [0, 0.1) is 18.7 Å². The number of carbonyl (C=O) groups is 1. The van der Waals surface area contributed by atoms with Crippen LogP contribution in [0.15, 0.2) is 17.1 Å². The van der Waals surface area contributed by atoms with Crippen LogP contribution in [0.1, 0.15) is 53.6 Å². The van der Waals surface area contributed by atoms with E-state index in [-0.39, 0.29) is 29.9 Å². The van der Waals surface area contributed by atoms with Gasteiger partial charge in [0.05, 0.1) is 17.4 Å². The number of hydrogen-bond donors (Lipinski definition) is 2. The number of anilines is 1. The molecule has 0 unspecified atom stereocenters. The van der Waals surface area contributed by atoms with Crippen LogP contribution < -0.4 is 16.2 Å². The molecule has 2 fully saturated rings. The van der Waals surface area contributed by atoms with Gasteiger partial charge in [-0.15, -0.1) is 12.4 Å². The lowest BCUT2D eigenvalue weighted by Gasteiger charge is -2.24. The summed E-state index contributed by atoms with van der Waals surface area (Å²) in [7, 11) is 0. The highest BCUT2D eigenvalue weighted by atomic mass is 35.5. The number of nitrogens with two attached hydrogens (primary N) is 1. The van der Waals surface area contributed by atoms with E-state index in [0.29, 0.717) is 35.8 Å². The first-order valence-electron chi connectivity index (χ1n) is 9.45. The number of rotatable bonds is 4. The first-order valence-corrected chi connectivity index (χ1v) is 9.45. The van der Waals surface area contributed by atoms with E-state index in [4.69, 9.17) is 5.73 Å². The lowest BCUT2D eigenvalue weighted by molar-refractivity contribution is 0.0694. The second kappa shape index (κ2) is 7.37. The van der Waals surface area contributed by atoms with Crippen LogP contribution in [0.3, 0.4) is 0 Å². The number of carboxylic acids is 1. The van der Waals surface area contributed by atoms with Gasteiger partial charge in [-0.05, 0) is 48.8 Å². The van der Waals surface area contributed by atoms with Crippen molar-refractivity contribution in [2.75, 3.05) is 18.0 Å². The Kier molecular flexibility index (Phi) is 5.42. The van der Waals surface area contributed by atoms with Gasteiger partial charge in [-0.1, -0.05) is 13.3 Å². The molecule has 2 aromatic rings. The molecule has 0 radical (unpaired) electrons. The maximum atomic E-state index is 15.1. The Morgan fingerprint density at radius 3 is 2.57 bits per heavy atom. The van der Waals surface area contributed by atoms with Gasteiger partial charge in [0.1, 0.15) is 5.56 Å². The van der Waals surface area contributed by atoms with Gasteiger partial charge >= 0.3 is 5.97 Å². The molecule has 6 nitrogen and oxygen atoms in total. The van der Waals surface area contributed by atoms with E-state index in [2.05, 4.69) is 6.92 Å². The highest BCUT2D eigenvalue weighted by molar-refractivity contribution is 5.89. The third-order valence-electron chi connectivity index (χ3n) is 6.02. The van der Waals surface area contributed by atoms with E-state index >= 15 is 4.39 Å². The van der Waals surface area contributed by atoms with Gasteiger partial charge < -0.3 is 15.7 Å². The molecule has 2 aromatic heterocycles. The third kappa shape index (κ3) is 3.16. The van der Waals surface area contributed by atoms with Gasteiger partial charge in [0.2, 0.25) is 0 Å². The molecule has 3 N–H and O–H groups in total. The zero-order valence-electron chi connectivity index (χ0n) is 15.9. The normalized spacial score (nSPS) is 21.8. The standard InChI is InChI=1S/C20H24FN3O3.ClH/c1-3-11-7-23(9-16(11)22)18-10(2)17-13(12-4-5-12)6-14(20(26)27)19(25)24(17)8-15(18)21;/h6,8,11-12,16H,3-5,7,9,22H2,1-2H3,(H,26,27);1H/t11-,16-;/m0./s1. The lowest BCUT2D eigenvalue weighted by Crippen LogP contribution is -2.30. The number of pyridine rings is 2. The molecule has 152 valence electrons. The van der Waals surface area contributed by atoms with Crippen molar-refractivity contribution in [1.82, 2.24) is 4.40 Å². The summed E-state index contributed by atoms with van der Waals surface area (Å²) in [6.07, 6.45) is 3.97. The summed E-state index contributed by atoms with van der Waals surface area (Å²) in [6.45, 7) is 5.14. The van der Waals surface area contributed by atoms with Crippen LogP contribution in [0.25, 0.3) is 5.52 Å². The van der Waals surface area contributed by atoms with Crippen molar-refractivity contribution in [2.24, 2.45) is 11.7 Å². The summed E-state index contributed by atoms with van der Waals surface area (Å²) < 4.78 is 16.2. The van der Waals surface area contributed by atoms with E-state index < -0.39 is 17.3 Å². The predicted octanol–water partition coefficient (Wildman–Crippen LogP) is 2.92. The van der Waals surface area contributed by atoms with E-state index in [9.17, 15) is 14.7 Å². The number of nitrogens with zero attached hydrogens (tertiary/aromatic N) is 2. The summed E-state index contributed by atoms with van der Waals surface area (Å²) >= 11 is 0. The molecule has 1 aliphatic heterocycles. The number of fused-ring (bicyclic) bond motifs is 1. The summed E-state index contributed by atoms with van der Waals surface area (Å²) in [5.74, 6) is -1.27. The molecular weight excluding hydrogens is 385 g/mol. The summed E-state index contributed by atoms with van der Waals surface area (Å²) in [5, 5.41) is 9.37. The molecule has 0 spiro atoms. The van der Waals surface area contributed by atoms with E-state index in [1.807, 2.05) is 11.8 Å². The molecule has 4 rings (SSSR count). The summed E-state index contributed by atoms with van der Waals surface area (Å²) in [5.41, 5.74) is 7.82. The van der Waals surface area contributed by atoms with Gasteiger partial charge in [-0.25, -0.2) is 9.18 Å². The van der Waals surface area contributed by atoms with Crippen molar-refractivity contribution >= 4 is 29.6 Å². The first-order chi connectivity index (χ1) is 12.8. The van der Waals surface area contributed by atoms with Crippen molar-refractivity contribution in [2.45, 2.75) is 45.1 Å². The molecule has 0 amide bonds. The third-order valence-corrected chi connectivity index (χ3v) is 6.02. The second-order valence-corrected chi connectivity index (χ2v) is 7.80. The van der Waals surface area contributed by atoms with Crippen LogP contribution in [0.5, 0.6) is 0 Å². The molecule has 2 aliphatic rings. The Morgan fingerprint density at radius 1 is 1.36 bits per heavy atom. The Hall–Kier alpha value is -2.12. The molecule has 0 aromatic carbocycles. The fraction of sp³-hybridized carbons (Fsp3) is 0.500. The van der Waals surface area contributed by atoms with Crippen LogP contribution in [0.4, 0.5) is 10.1 Å². The number of halogens is 2. The average Bonchev–Trinajstić information content (AvgIpc) is 3.38. The SMILES string of the molecule is CC[C@H]1CN(c2c(F)cn3c(=O)c(C(=O)O)cc(C4CC4)c3c2C)C[C@@H]1N.Cl. The zero-order chi connectivity index (χ0) is 19.5. The molecule has 1 saturated heterocycles. The smallest absolute Gasteiger partial charge is 0.341 e.